The van der Waals surface area contributed by atoms with Crippen molar-refractivity contribution in [3.8, 4) is 0 Å². The van der Waals surface area contributed by atoms with Crippen molar-refractivity contribution in [3.63, 3.8) is 0 Å². The lowest BCUT2D eigenvalue weighted by molar-refractivity contribution is 0.0952. The van der Waals surface area contributed by atoms with Gasteiger partial charge in [0.25, 0.3) is 5.91 Å². The van der Waals surface area contributed by atoms with Gasteiger partial charge in [-0.25, -0.2) is 4.39 Å². The average Bonchev–Trinajstić information content (AvgIpc) is 2.17. The molecular formula is C10H12FNO2S. The van der Waals surface area contributed by atoms with E-state index in [4.69, 9.17) is 0 Å². The Bertz CT molecular complexity index is 381. The molecule has 1 atom stereocenters. The van der Waals surface area contributed by atoms with Gasteiger partial charge in [-0.05, 0) is 12.1 Å². The first-order valence-corrected chi connectivity index (χ1v) is 6.16. The molecule has 0 saturated heterocycles. The predicted molar refractivity (Wildman–Crippen MR) is 57.7 cm³/mol. The normalized spacial score (nSPS) is 12.1. The van der Waals surface area contributed by atoms with Crippen LogP contribution in [0.5, 0.6) is 0 Å². The Kier molecular flexibility index (Phi) is 4.42. The highest BCUT2D eigenvalue weighted by molar-refractivity contribution is 7.84. The molecule has 0 radical (unpaired) electrons. The second-order valence-corrected chi connectivity index (χ2v) is 4.57. The fourth-order valence-corrected chi connectivity index (χ4v) is 1.44. The first-order chi connectivity index (χ1) is 7.11. The highest BCUT2D eigenvalue weighted by Gasteiger charge is 2.09. The summed E-state index contributed by atoms with van der Waals surface area (Å²) in [6, 6.07) is 5.75. The molecule has 82 valence electrons. The number of hydrogen-bond acceptors (Lipinski definition) is 2. The van der Waals surface area contributed by atoms with Crippen LogP contribution in [-0.4, -0.2) is 28.7 Å². The maximum atomic E-state index is 13.1. The second kappa shape index (κ2) is 5.60. The van der Waals surface area contributed by atoms with E-state index in [-0.39, 0.29) is 12.1 Å². The largest absolute Gasteiger partial charge is 0.351 e. The van der Waals surface area contributed by atoms with E-state index in [1.807, 2.05) is 0 Å². The van der Waals surface area contributed by atoms with Crippen LogP contribution >= 0.6 is 0 Å². The molecular weight excluding hydrogens is 217 g/mol. The fraction of sp³-hybridized carbons (Fsp3) is 0.300. The van der Waals surface area contributed by atoms with Crippen molar-refractivity contribution in [2.45, 2.75) is 0 Å². The molecule has 0 aliphatic heterocycles. The number of nitrogens with one attached hydrogen (secondary N) is 1. The van der Waals surface area contributed by atoms with Gasteiger partial charge >= 0.3 is 0 Å². The van der Waals surface area contributed by atoms with Gasteiger partial charge in [0.15, 0.2) is 0 Å². The topological polar surface area (TPSA) is 46.2 Å². The molecule has 1 amide bonds. The van der Waals surface area contributed by atoms with E-state index >= 15 is 0 Å². The first kappa shape index (κ1) is 11.8. The van der Waals surface area contributed by atoms with Gasteiger partial charge < -0.3 is 5.32 Å². The highest BCUT2D eigenvalue weighted by Crippen LogP contribution is 2.05. The van der Waals surface area contributed by atoms with Gasteiger partial charge in [0.2, 0.25) is 0 Å². The van der Waals surface area contributed by atoms with Crippen LogP contribution in [0.3, 0.4) is 0 Å². The van der Waals surface area contributed by atoms with E-state index in [9.17, 15) is 13.4 Å². The maximum Gasteiger partial charge on any atom is 0.254 e. The highest BCUT2D eigenvalue weighted by atomic mass is 32.2. The molecule has 0 heterocycles. The Labute approximate surface area is 90.1 Å². The number of rotatable bonds is 4. The zero-order chi connectivity index (χ0) is 11.3. The number of hydrogen-bond donors (Lipinski definition) is 1. The molecule has 15 heavy (non-hydrogen) atoms. The average molecular weight is 229 g/mol. The van der Waals surface area contributed by atoms with E-state index in [1.54, 1.807) is 12.3 Å². The van der Waals surface area contributed by atoms with E-state index in [1.165, 1.54) is 18.2 Å². The minimum Gasteiger partial charge on any atom is -0.351 e. The summed E-state index contributed by atoms with van der Waals surface area (Å²) in [6.45, 7) is 0.288. The Balaban J connectivity index is 2.54. The zero-order valence-corrected chi connectivity index (χ0v) is 9.14. The van der Waals surface area contributed by atoms with Crippen molar-refractivity contribution >= 4 is 16.7 Å². The molecule has 0 aliphatic carbocycles. The standard InChI is InChI=1S/C10H12FNO2S/c1-15(14)7-6-12-10(13)8-4-2-3-5-9(8)11/h2-5H,6-7H2,1H3,(H,12,13). The lowest BCUT2D eigenvalue weighted by Crippen LogP contribution is -2.28. The van der Waals surface area contributed by atoms with Crippen LogP contribution in [0.1, 0.15) is 10.4 Å². The predicted octanol–water partition coefficient (Wildman–Crippen LogP) is 0.934. The number of amides is 1. The van der Waals surface area contributed by atoms with Gasteiger partial charge in [-0.15, -0.1) is 0 Å². The van der Waals surface area contributed by atoms with Crippen LogP contribution in [0.25, 0.3) is 0 Å². The lowest BCUT2D eigenvalue weighted by Gasteiger charge is -2.04. The van der Waals surface area contributed by atoms with Gasteiger partial charge in [0.1, 0.15) is 5.82 Å². The van der Waals surface area contributed by atoms with Crippen LogP contribution in [-0.2, 0) is 10.8 Å². The van der Waals surface area contributed by atoms with Crippen LogP contribution in [0.2, 0.25) is 0 Å². The molecule has 0 bridgehead atoms. The summed E-state index contributed by atoms with van der Waals surface area (Å²) in [5, 5.41) is 2.50. The molecule has 0 saturated carbocycles. The lowest BCUT2D eigenvalue weighted by atomic mass is 10.2. The Hall–Kier alpha value is -1.23. The molecule has 0 aliphatic rings. The zero-order valence-electron chi connectivity index (χ0n) is 8.33. The number of carbonyl (C=O) groups excluding carboxylic acids is 1. The quantitative estimate of drug-likeness (QED) is 0.835. The van der Waals surface area contributed by atoms with E-state index in [2.05, 4.69) is 5.32 Å². The molecule has 0 fully saturated rings. The third-order valence-electron chi connectivity index (χ3n) is 1.79. The molecule has 0 aromatic heterocycles. The SMILES string of the molecule is CS(=O)CCNC(=O)c1ccccc1F. The van der Waals surface area contributed by atoms with Crippen molar-refractivity contribution in [3.05, 3.63) is 35.6 Å². The van der Waals surface area contributed by atoms with Crippen LogP contribution < -0.4 is 5.32 Å². The van der Waals surface area contributed by atoms with E-state index in [0.29, 0.717) is 5.75 Å². The number of halogens is 1. The maximum absolute atomic E-state index is 13.1. The van der Waals surface area contributed by atoms with Crippen molar-refractivity contribution in [1.29, 1.82) is 0 Å². The Morgan fingerprint density at radius 1 is 1.47 bits per heavy atom. The molecule has 1 aromatic rings. The first-order valence-electron chi connectivity index (χ1n) is 4.44. The molecule has 1 aromatic carbocycles. The summed E-state index contributed by atoms with van der Waals surface area (Å²) < 4.78 is 23.8. The molecule has 0 spiro atoms. The van der Waals surface area contributed by atoms with E-state index in [0.717, 1.165) is 0 Å². The van der Waals surface area contributed by atoms with Crippen molar-refractivity contribution in [2.24, 2.45) is 0 Å². The van der Waals surface area contributed by atoms with Crippen molar-refractivity contribution in [2.75, 3.05) is 18.6 Å². The van der Waals surface area contributed by atoms with Gasteiger partial charge in [0, 0.05) is 29.4 Å². The van der Waals surface area contributed by atoms with E-state index < -0.39 is 22.5 Å². The summed E-state index contributed by atoms with van der Waals surface area (Å²) in [7, 11) is -0.952. The molecule has 3 nitrogen and oxygen atoms in total. The number of benzene rings is 1. The molecule has 5 heteroatoms. The van der Waals surface area contributed by atoms with Crippen molar-refractivity contribution < 1.29 is 13.4 Å². The van der Waals surface area contributed by atoms with Crippen molar-refractivity contribution in [1.82, 2.24) is 5.32 Å². The smallest absolute Gasteiger partial charge is 0.254 e. The molecule has 1 unspecified atom stereocenters. The summed E-state index contributed by atoms with van der Waals surface area (Å²) in [4.78, 5) is 11.4. The Morgan fingerprint density at radius 2 is 2.13 bits per heavy atom. The summed E-state index contributed by atoms with van der Waals surface area (Å²) in [6.07, 6.45) is 1.55. The fourth-order valence-electron chi connectivity index (χ4n) is 1.05. The molecule has 1 rings (SSSR count). The molecule has 1 N–H and O–H groups in total. The summed E-state index contributed by atoms with van der Waals surface area (Å²) in [5.41, 5.74) is 0.0133. The Morgan fingerprint density at radius 3 is 2.73 bits per heavy atom. The summed E-state index contributed by atoms with van der Waals surface area (Å²) in [5.74, 6) is -0.647. The minimum atomic E-state index is -0.952. The third-order valence-corrected chi connectivity index (χ3v) is 2.57. The van der Waals surface area contributed by atoms with Crippen LogP contribution in [0, 0.1) is 5.82 Å². The summed E-state index contributed by atoms with van der Waals surface area (Å²) >= 11 is 0. The third kappa shape index (κ3) is 3.79. The van der Waals surface area contributed by atoms with Gasteiger partial charge in [-0.2, -0.15) is 0 Å². The monoisotopic (exact) mass is 229 g/mol. The number of carbonyl (C=O) groups is 1. The van der Waals surface area contributed by atoms with Crippen LogP contribution in [0.15, 0.2) is 24.3 Å². The van der Waals surface area contributed by atoms with Gasteiger partial charge in [0.05, 0.1) is 5.56 Å². The van der Waals surface area contributed by atoms with Gasteiger partial charge in [-0.3, -0.25) is 9.00 Å². The van der Waals surface area contributed by atoms with Gasteiger partial charge in [-0.1, -0.05) is 12.1 Å². The minimum absolute atomic E-state index is 0.0133. The second-order valence-electron chi connectivity index (χ2n) is 3.01. The van der Waals surface area contributed by atoms with Crippen LogP contribution in [0.4, 0.5) is 4.39 Å².